The topological polar surface area (TPSA) is 114 Å². The predicted molar refractivity (Wildman–Crippen MR) is 112 cm³/mol. The normalized spacial score (nSPS) is 23.2. The van der Waals surface area contributed by atoms with Crippen LogP contribution in [-0.2, 0) is 10.3 Å². The molecule has 172 valence electrons. The molecule has 1 aliphatic carbocycles. The Balaban J connectivity index is 1.57. The third-order valence-corrected chi connectivity index (χ3v) is 6.78. The number of carbonyl (C=O) groups is 1. The molecule has 3 heterocycles. The molecular formula is C22H27F2N5O3. The Labute approximate surface area is 184 Å². The van der Waals surface area contributed by atoms with Crippen molar-refractivity contribution in [2.75, 3.05) is 19.7 Å². The molecule has 32 heavy (non-hydrogen) atoms. The van der Waals surface area contributed by atoms with E-state index in [1.54, 1.807) is 24.0 Å². The second-order valence-corrected chi connectivity index (χ2v) is 8.80. The van der Waals surface area contributed by atoms with Crippen molar-refractivity contribution in [1.29, 1.82) is 0 Å². The van der Waals surface area contributed by atoms with E-state index in [9.17, 15) is 18.4 Å². The standard InChI is InChI=1S/C22H27F2N5O3/c1-21(20(25)31,17-6-8-19(28-27-17)32-13-14-3-2-4-14)29-10-9-22(23,24)16(12-29)15-5-7-18(30)26-11-15/h5-8,11,14,16H,2-4,9-10,12-13H2,1H3,(H2,25,31)(H,26,30)/t16-,21?/m1/s1. The average Bonchev–Trinajstić information content (AvgIpc) is 2.73. The summed E-state index contributed by atoms with van der Waals surface area (Å²) in [5.41, 5.74) is 4.50. The van der Waals surface area contributed by atoms with Gasteiger partial charge in [0.25, 0.3) is 5.92 Å². The van der Waals surface area contributed by atoms with E-state index in [1.807, 2.05) is 0 Å². The van der Waals surface area contributed by atoms with Crippen molar-refractivity contribution < 1.29 is 18.3 Å². The van der Waals surface area contributed by atoms with Gasteiger partial charge in [-0.2, -0.15) is 0 Å². The zero-order chi connectivity index (χ0) is 22.9. The molecule has 1 amide bonds. The van der Waals surface area contributed by atoms with Gasteiger partial charge in [-0.1, -0.05) is 12.5 Å². The van der Waals surface area contributed by atoms with Gasteiger partial charge in [0.05, 0.1) is 18.2 Å². The molecule has 10 heteroatoms. The Morgan fingerprint density at radius 2 is 2.09 bits per heavy atom. The van der Waals surface area contributed by atoms with Crippen LogP contribution in [0.4, 0.5) is 8.78 Å². The lowest BCUT2D eigenvalue weighted by molar-refractivity contribution is -0.139. The fraction of sp³-hybridized carbons (Fsp3) is 0.545. The Kier molecular flexibility index (Phi) is 5.98. The zero-order valence-electron chi connectivity index (χ0n) is 17.9. The van der Waals surface area contributed by atoms with Crippen molar-refractivity contribution in [3.05, 3.63) is 52.1 Å². The number of nitrogens with one attached hydrogen (secondary N) is 1. The Morgan fingerprint density at radius 3 is 2.66 bits per heavy atom. The van der Waals surface area contributed by atoms with Crippen molar-refractivity contribution in [3.63, 3.8) is 0 Å². The Hall–Kier alpha value is -2.88. The molecule has 2 fully saturated rings. The second kappa shape index (κ2) is 8.57. The molecule has 1 saturated carbocycles. The number of aromatic amines is 1. The minimum Gasteiger partial charge on any atom is -0.476 e. The Bertz CT molecular complexity index is 1000. The smallest absolute Gasteiger partial charge is 0.257 e. The predicted octanol–water partition coefficient (Wildman–Crippen LogP) is 2.17. The van der Waals surface area contributed by atoms with Gasteiger partial charge in [-0.3, -0.25) is 14.5 Å². The van der Waals surface area contributed by atoms with Gasteiger partial charge in [-0.25, -0.2) is 8.78 Å². The van der Waals surface area contributed by atoms with Gasteiger partial charge in [0.2, 0.25) is 17.3 Å². The number of nitrogens with zero attached hydrogens (tertiary/aromatic N) is 3. The molecule has 2 atom stereocenters. The van der Waals surface area contributed by atoms with Crippen molar-refractivity contribution in [2.24, 2.45) is 11.7 Å². The zero-order valence-corrected chi connectivity index (χ0v) is 17.9. The van der Waals surface area contributed by atoms with Gasteiger partial charge in [0, 0.05) is 37.8 Å². The van der Waals surface area contributed by atoms with Gasteiger partial charge in [-0.15, -0.1) is 10.2 Å². The van der Waals surface area contributed by atoms with Crippen LogP contribution in [0.25, 0.3) is 0 Å². The average molecular weight is 447 g/mol. The van der Waals surface area contributed by atoms with Gasteiger partial charge < -0.3 is 15.5 Å². The summed E-state index contributed by atoms with van der Waals surface area (Å²) in [4.78, 5) is 28.0. The van der Waals surface area contributed by atoms with Crippen LogP contribution in [0.5, 0.6) is 5.88 Å². The summed E-state index contributed by atoms with van der Waals surface area (Å²) in [7, 11) is 0. The first-order valence-electron chi connectivity index (χ1n) is 10.8. The molecule has 2 aromatic rings. The van der Waals surface area contributed by atoms with Crippen molar-refractivity contribution in [2.45, 2.75) is 50.0 Å². The number of primary amides is 1. The SMILES string of the molecule is CC(C(N)=O)(c1ccc(OCC2CCC2)nn1)N1CCC(F)(F)[C@@H](c2ccc(=O)[nH]c2)C1. The number of halogens is 2. The monoisotopic (exact) mass is 447 g/mol. The van der Waals surface area contributed by atoms with E-state index in [-0.39, 0.29) is 29.9 Å². The van der Waals surface area contributed by atoms with Crippen LogP contribution in [0.3, 0.4) is 0 Å². The van der Waals surface area contributed by atoms with Crippen molar-refractivity contribution in [1.82, 2.24) is 20.1 Å². The van der Waals surface area contributed by atoms with E-state index in [1.165, 1.54) is 24.8 Å². The van der Waals surface area contributed by atoms with Crippen LogP contribution in [-0.4, -0.2) is 51.6 Å². The molecule has 0 radical (unpaired) electrons. The van der Waals surface area contributed by atoms with Gasteiger partial charge in [0.1, 0.15) is 5.54 Å². The summed E-state index contributed by atoms with van der Waals surface area (Å²) in [6, 6.07) is 5.83. The summed E-state index contributed by atoms with van der Waals surface area (Å²) in [6.45, 7) is 1.96. The highest BCUT2D eigenvalue weighted by Gasteiger charge is 2.51. The summed E-state index contributed by atoms with van der Waals surface area (Å²) in [5, 5.41) is 8.24. The first-order chi connectivity index (χ1) is 15.2. The highest BCUT2D eigenvalue weighted by molar-refractivity contribution is 5.85. The number of piperidine rings is 1. The molecule has 4 rings (SSSR count). The number of carbonyl (C=O) groups excluding carboxylic acids is 1. The van der Waals surface area contributed by atoms with Gasteiger partial charge in [0.15, 0.2) is 0 Å². The number of hydrogen-bond donors (Lipinski definition) is 2. The number of aromatic nitrogens is 3. The molecule has 1 saturated heterocycles. The number of nitrogens with two attached hydrogens (primary N) is 1. The van der Waals surface area contributed by atoms with E-state index >= 15 is 0 Å². The first-order valence-corrected chi connectivity index (χ1v) is 10.8. The number of pyridine rings is 1. The summed E-state index contributed by atoms with van der Waals surface area (Å²) >= 11 is 0. The van der Waals surface area contributed by atoms with Crippen LogP contribution in [0.15, 0.2) is 35.3 Å². The maximum absolute atomic E-state index is 14.8. The third kappa shape index (κ3) is 4.23. The first kappa shape index (κ1) is 22.3. The number of likely N-dealkylation sites (tertiary alicyclic amines) is 1. The molecule has 0 aromatic carbocycles. The van der Waals surface area contributed by atoms with Crippen LogP contribution in [0.1, 0.15) is 49.8 Å². The fourth-order valence-corrected chi connectivity index (χ4v) is 4.26. The quantitative estimate of drug-likeness (QED) is 0.672. The van der Waals surface area contributed by atoms with Crippen molar-refractivity contribution in [3.8, 4) is 5.88 Å². The van der Waals surface area contributed by atoms with Gasteiger partial charge >= 0.3 is 0 Å². The molecule has 2 aliphatic rings. The molecule has 1 aliphatic heterocycles. The van der Waals surface area contributed by atoms with Crippen molar-refractivity contribution >= 4 is 5.91 Å². The van der Waals surface area contributed by atoms with Crippen LogP contribution in [0, 0.1) is 5.92 Å². The molecule has 2 aromatic heterocycles. The molecular weight excluding hydrogens is 420 g/mol. The summed E-state index contributed by atoms with van der Waals surface area (Å²) in [5.74, 6) is -4.04. The van der Waals surface area contributed by atoms with E-state index in [2.05, 4.69) is 15.2 Å². The summed E-state index contributed by atoms with van der Waals surface area (Å²) < 4.78 is 35.2. The molecule has 3 N–H and O–H groups in total. The lowest BCUT2D eigenvalue weighted by Gasteiger charge is -2.45. The second-order valence-electron chi connectivity index (χ2n) is 8.80. The number of rotatable bonds is 7. The van der Waals surface area contributed by atoms with Crippen LogP contribution >= 0.6 is 0 Å². The third-order valence-electron chi connectivity index (χ3n) is 6.78. The molecule has 8 nitrogen and oxygen atoms in total. The molecule has 1 unspecified atom stereocenters. The maximum Gasteiger partial charge on any atom is 0.257 e. The number of amides is 1. The highest BCUT2D eigenvalue weighted by atomic mass is 19.3. The van der Waals surface area contributed by atoms with E-state index in [0.29, 0.717) is 18.4 Å². The van der Waals surface area contributed by atoms with E-state index in [0.717, 1.165) is 12.8 Å². The minimum absolute atomic E-state index is 0.0477. The van der Waals surface area contributed by atoms with E-state index < -0.39 is 29.7 Å². The lowest BCUT2D eigenvalue weighted by atomic mass is 9.83. The lowest BCUT2D eigenvalue weighted by Crippen LogP contribution is -2.59. The number of H-pyrrole nitrogens is 1. The minimum atomic E-state index is -3.00. The number of alkyl halides is 2. The largest absolute Gasteiger partial charge is 0.476 e. The number of hydrogen-bond acceptors (Lipinski definition) is 6. The molecule has 0 spiro atoms. The molecule has 0 bridgehead atoms. The van der Waals surface area contributed by atoms with Gasteiger partial charge in [-0.05, 0) is 37.3 Å². The van der Waals surface area contributed by atoms with E-state index in [4.69, 9.17) is 10.5 Å². The summed E-state index contributed by atoms with van der Waals surface area (Å²) in [6.07, 6.45) is 4.32. The maximum atomic E-state index is 14.8. The van der Waals surface area contributed by atoms with Crippen LogP contribution in [0.2, 0.25) is 0 Å². The number of ether oxygens (including phenoxy) is 1. The van der Waals surface area contributed by atoms with Crippen LogP contribution < -0.4 is 16.0 Å². The highest BCUT2D eigenvalue weighted by Crippen LogP contribution is 2.43. The Morgan fingerprint density at radius 1 is 1.31 bits per heavy atom. The fourth-order valence-electron chi connectivity index (χ4n) is 4.26.